The molecule has 26 heavy (non-hydrogen) atoms. The minimum Gasteiger partial charge on any atom is -0.345 e. The average Bonchev–Trinajstić information content (AvgIpc) is 2.56. The molecule has 0 fully saturated rings. The van der Waals surface area contributed by atoms with Crippen LogP contribution in [0, 0.1) is 0 Å². The molecule has 11 heteroatoms. The van der Waals surface area contributed by atoms with Crippen LogP contribution in [0.5, 0.6) is 0 Å². The van der Waals surface area contributed by atoms with E-state index in [9.17, 15) is 21.6 Å². The van der Waals surface area contributed by atoms with Crippen LogP contribution in [0.4, 0.5) is 11.4 Å². The number of benzene rings is 2. The number of carbonyl (C=O) groups excluding carboxylic acids is 1. The highest BCUT2D eigenvalue weighted by molar-refractivity contribution is 9.10. The Hall–Kier alpha value is -2.24. The average molecular weight is 458 g/mol. The van der Waals surface area contributed by atoms with Crippen LogP contribution in [-0.4, -0.2) is 34.8 Å². The molecule has 1 amide bonds. The molecule has 0 aliphatic carbocycles. The number of hydrogen-bond acceptors (Lipinski definition) is 6. The molecule has 0 aromatic heterocycles. The van der Waals surface area contributed by atoms with E-state index < -0.39 is 31.5 Å². The summed E-state index contributed by atoms with van der Waals surface area (Å²) >= 11 is 3.25. The van der Waals surface area contributed by atoms with Gasteiger partial charge in [0.15, 0.2) is 9.84 Å². The van der Waals surface area contributed by atoms with E-state index in [2.05, 4.69) is 31.0 Å². The number of anilines is 2. The summed E-state index contributed by atoms with van der Waals surface area (Å²) in [5.41, 5.74) is 0.649. The summed E-state index contributed by atoms with van der Waals surface area (Å²) in [6, 6.07) is 10.3. The van der Waals surface area contributed by atoms with E-state index in [0.29, 0.717) is 10.2 Å². The van der Waals surface area contributed by atoms with Crippen LogP contribution in [0.3, 0.4) is 0 Å². The lowest BCUT2D eigenvalue weighted by Gasteiger charge is -2.13. The Morgan fingerprint density at radius 1 is 1.19 bits per heavy atom. The Kier molecular flexibility index (Phi) is 4.86. The lowest BCUT2D eigenvalue weighted by atomic mass is 10.3. The first-order chi connectivity index (χ1) is 12.2. The topological polar surface area (TPSA) is 122 Å². The van der Waals surface area contributed by atoms with Crippen molar-refractivity contribution in [3.63, 3.8) is 0 Å². The molecule has 0 saturated heterocycles. The van der Waals surface area contributed by atoms with Gasteiger partial charge in [-0.3, -0.25) is 4.79 Å². The van der Waals surface area contributed by atoms with Crippen LogP contribution in [0.1, 0.15) is 0 Å². The maximum atomic E-state index is 12.5. The molecule has 0 atom stereocenters. The second kappa shape index (κ2) is 6.82. The van der Waals surface area contributed by atoms with Crippen molar-refractivity contribution in [1.82, 2.24) is 0 Å². The largest absolute Gasteiger partial charge is 0.345 e. The fourth-order valence-corrected chi connectivity index (χ4v) is 4.86. The van der Waals surface area contributed by atoms with Crippen LogP contribution in [-0.2, 0) is 24.7 Å². The minimum absolute atomic E-state index is 0.219. The Morgan fingerprint density at radius 3 is 2.65 bits per heavy atom. The third-order valence-corrected chi connectivity index (χ3v) is 7.05. The van der Waals surface area contributed by atoms with Gasteiger partial charge in [0.05, 0.1) is 16.3 Å². The zero-order valence-corrected chi connectivity index (χ0v) is 16.2. The SMILES string of the molecule is O=C(CS(=O)(=O)c1ccc2c(c1)S(=O)(=O)N=CN2)Nc1ccccc1Br. The summed E-state index contributed by atoms with van der Waals surface area (Å²) in [6.45, 7) is 0. The number of rotatable bonds is 4. The normalized spacial score (nSPS) is 15.0. The van der Waals surface area contributed by atoms with Crippen molar-refractivity contribution in [1.29, 1.82) is 0 Å². The summed E-state index contributed by atoms with van der Waals surface area (Å²) in [5.74, 6) is -1.57. The molecule has 0 spiro atoms. The highest BCUT2D eigenvalue weighted by Gasteiger charge is 2.26. The number of fused-ring (bicyclic) bond motifs is 1. The van der Waals surface area contributed by atoms with Crippen molar-refractivity contribution in [3.8, 4) is 0 Å². The molecule has 0 saturated carbocycles. The first-order valence-electron chi connectivity index (χ1n) is 7.16. The van der Waals surface area contributed by atoms with Crippen molar-refractivity contribution >= 4 is 59.4 Å². The second-order valence-electron chi connectivity index (χ2n) is 5.30. The van der Waals surface area contributed by atoms with Gasteiger partial charge in [0.2, 0.25) is 5.91 Å². The highest BCUT2D eigenvalue weighted by atomic mass is 79.9. The third kappa shape index (κ3) is 3.79. The molecule has 2 aromatic rings. The number of nitrogens with zero attached hydrogens (tertiary/aromatic N) is 1. The van der Waals surface area contributed by atoms with Crippen molar-refractivity contribution in [2.45, 2.75) is 9.79 Å². The summed E-state index contributed by atoms with van der Waals surface area (Å²) in [6.07, 6.45) is 1.01. The number of nitrogens with one attached hydrogen (secondary N) is 2. The molecule has 136 valence electrons. The second-order valence-corrected chi connectivity index (χ2v) is 9.74. The molecule has 0 radical (unpaired) electrons. The molecule has 8 nitrogen and oxygen atoms in total. The lowest BCUT2D eigenvalue weighted by molar-refractivity contribution is -0.113. The predicted octanol–water partition coefficient (Wildman–Crippen LogP) is 2.00. The first kappa shape index (κ1) is 18.5. The van der Waals surface area contributed by atoms with Crippen LogP contribution < -0.4 is 10.6 Å². The lowest BCUT2D eigenvalue weighted by Crippen LogP contribution is -2.23. The monoisotopic (exact) mass is 457 g/mol. The standard InChI is InChI=1S/C15H12BrN3O5S2/c16-11-3-1-2-4-12(11)19-15(20)8-25(21,22)10-5-6-13-14(7-10)26(23,24)18-9-17-13/h1-7,9H,8H2,(H,17,18)(H,19,20). The van der Waals surface area contributed by atoms with Crippen molar-refractivity contribution in [2.24, 2.45) is 4.40 Å². The van der Waals surface area contributed by atoms with Crippen LogP contribution in [0.25, 0.3) is 0 Å². The summed E-state index contributed by atoms with van der Waals surface area (Å²) < 4.78 is 52.8. The van der Waals surface area contributed by atoms with Gasteiger partial charge in [-0.25, -0.2) is 8.42 Å². The molecule has 0 bridgehead atoms. The van der Waals surface area contributed by atoms with Crippen molar-refractivity contribution in [2.75, 3.05) is 16.4 Å². The zero-order valence-electron chi connectivity index (χ0n) is 13.0. The Morgan fingerprint density at radius 2 is 1.92 bits per heavy atom. The van der Waals surface area contributed by atoms with Gasteiger partial charge in [-0.2, -0.15) is 8.42 Å². The smallest absolute Gasteiger partial charge is 0.285 e. The first-order valence-corrected chi connectivity index (χ1v) is 11.0. The minimum atomic E-state index is -4.05. The number of sulfone groups is 1. The van der Waals surface area contributed by atoms with Gasteiger partial charge in [-0.15, -0.1) is 4.40 Å². The third-order valence-electron chi connectivity index (χ3n) is 3.47. The van der Waals surface area contributed by atoms with Crippen molar-refractivity contribution < 1.29 is 21.6 Å². The highest BCUT2D eigenvalue weighted by Crippen LogP contribution is 2.29. The number of carbonyl (C=O) groups is 1. The summed E-state index contributed by atoms with van der Waals surface area (Å²) in [7, 11) is -8.02. The molecule has 1 heterocycles. The number of hydrogen-bond donors (Lipinski definition) is 2. The van der Waals surface area contributed by atoms with Gasteiger partial charge in [0.1, 0.15) is 17.0 Å². The van der Waals surface area contributed by atoms with Crippen LogP contribution >= 0.6 is 15.9 Å². The maximum absolute atomic E-state index is 12.5. The quantitative estimate of drug-likeness (QED) is 0.723. The molecule has 1 aliphatic heterocycles. The van der Waals surface area contributed by atoms with Gasteiger partial charge in [0, 0.05) is 4.47 Å². The Bertz CT molecular complexity index is 1130. The van der Waals surface area contributed by atoms with Gasteiger partial charge in [0.25, 0.3) is 10.0 Å². The van der Waals surface area contributed by atoms with E-state index >= 15 is 0 Å². The zero-order chi connectivity index (χ0) is 18.9. The Labute approximate surface area is 158 Å². The van der Waals surface area contributed by atoms with Gasteiger partial charge in [-0.05, 0) is 46.3 Å². The molecule has 2 aromatic carbocycles. The number of halogens is 1. The molecule has 0 unspecified atom stereocenters. The maximum Gasteiger partial charge on any atom is 0.285 e. The van der Waals surface area contributed by atoms with E-state index in [1.54, 1.807) is 24.3 Å². The van der Waals surface area contributed by atoms with Crippen LogP contribution in [0.2, 0.25) is 0 Å². The Balaban J connectivity index is 1.85. The number of amides is 1. The number of sulfonamides is 1. The number of para-hydroxylation sites is 1. The van der Waals surface area contributed by atoms with Gasteiger partial charge >= 0.3 is 0 Å². The predicted molar refractivity (Wildman–Crippen MR) is 101 cm³/mol. The molecular weight excluding hydrogens is 446 g/mol. The fraction of sp³-hybridized carbons (Fsp3) is 0.0667. The molecule has 3 rings (SSSR count). The summed E-state index contributed by atoms with van der Waals surface area (Å²) in [5, 5.41) is 5.12. The van der Waals surface area contributed by atoms with E-state index in [-0.39, 0.29) is 15.5 Å². The fourth-order valence-electron chi connectivity index (χ4n) is 2.26. The molecule has 1 aliphatic rings. The molecule has 2 N–H and O–H groups in total. The van der Waals surface area contributed by atoms with E-state index in [1.165, 1.54) is 12.1 Å². The van der Waals surface area contributed by atoms with Gasteiger partial charge < -0.3 is 10.6 Å². The van der Waals surface area contributed by atoms with E-state index in [1.807, 2.05) is 0 Å². The van der Waals surface area contributed by atoms with Gasteiger partial charge in [-0.1, -0.05) is 12.1 Å². The van der Waals surface area contributed by atoms with E-state index in [0.717, 1.165) is 12.4 Å². The molecular formula is C15H12BrN3O5S2. The van der Waals surface area contributed by atoms with Crippen LogP contribution in [0.15, 0.2) is 61.1 Å². The van der Waals surface area contributed by atoms with Crippen molar-refractivity contribution in [3.05, 3.63) is 46.9 Å². The van der Waals surface area contributed by atoms with E-state index in [4.69, 9.17) is 0 Å². The summed E-state index contributed by atoms with van der Waals surface area (Å²) in [4.78, 5) is 11.6.